The van der Waals surface area contributed by atoms with Gasteiger partial charge in [0.15, 0.2) is 0 Å². The first-order chi connectivity index (χ1) is 11.1. The molecule has 0 atom stereocenters. The average molecular weight is 307 g/mol. The molecule has 0 aliphatic carbocycles. The molecule has 3 heteroatoms. The van der Waals surface area contributed by atoms with Crippen molar-refractivity contribution in [1.29, 1.82) is 5.26 Å². The Morgan fingerprint density at radius 2 is 1.74 bits per heavy atom. The highest BCUT2D eigenvalue weighted by Crippen LogP contribution is 2.13. The maximum Gasteiger partial charge on any atom is 0.142 e. The van der Waals surface area contributed by atoms with Crippen molar-refractivity contribution in [2.45, 2.75) is 19.8 Å². The van der Waals surface area contributed by atoms with E-state index in [0.717, 1.165) is 18.4 Å². The molecule has 2 rings (SSSR count). The zero-order chi connectivity index (χ0) is 16.7. The van der Waals surface area contributed by atoms with Crippen molar-refractivity contribution < 1.29 is 8.78 Å². The Labute approximate surface area is 134 Å². The summed E-state index contributed by atoms with van der Waals surface area (Å²) < 4.78 is 27.5. The summed E-state index contributed by atoms with van der Waals surface area (Å²) in [5.74, 6) is 4.36. The fraction of sp³-hybridized carbons (Fsp3) is 0.150. The van der Waals surface area contributed by atoms with E-state index in [1.807, 2.05) is 12.2 Å². The summed E-state index contributed by atoms with van der Waals surface area (Å²) in [7, 11) is 0. The predicted molar refractivity (Wildman–Crippen MR) is 87.4 cm³/mol. The molecule has 114 valence electrons. The molecule has 0 N–H and O–H groups in total. The lowest BCUT2D eigenvalue weighted by Crippen LogP contribution is -1.87. The van der Waals surface area contributed by atoms with Crippen LogP contribution < -0.4 is 0 Å². The highest BCUT2D eigenvalue weighted by molar-refractivity contribution is 5.53. The van der Waals surface area contributed by atoms with E-state index in [1.54, 1.807) is 18.2 Å². The van der Waals surface area contributed by atoms with Crippen LogP contribution in [0.4, 0.5) is 8.78 Å². The van der Waals surface area contributed by atoms with E-state index in [1.165, 1.54) is 24.3 Å². The molecule has 0 bridgehead atoms. The first-order valence-corrected chi connectivity index (χ1v) is 7.32. The molecule has 0 aliphatic rings. The van der Waals surface area contributed by atoms with Gasteiger partial charge in [-0.05, 0) is 42.3 Å². The highest BCUT2D eigenvalue weighted by atomic mass is 19.1. The number of nitriles is 1. The lowest BCUT2D eigenvalue weighted by Gasteiger charge is -1.98. The Morgan fingerprint density at radius 1 is 1.00 bits per heavy atom. The van der Waals surface area contributed by atoms with Crippen molar-refractivity contribution in [2.75, 3.05) is 0 Å². The Kier molecular flexibility index (Phi) is 5.67. The van der Waals surface area contributed by atoms with Crippen molar-refractivity contribution >= 4 is 6.08 Å². The van der Waals surface area contributed by atoms with Crippen LogP contribution >= 0.6 is 0 Å². The molecule has 0 aliphatic heterocycles. The standard InChI is InChI=1S/C20H15F2N/c1-2-3-4-5-15-6-9-17(19(21)12-15)10-7-16-8-11-18(14-23)20(22)13-16/h4-6,8-9,11-13H,2-3H2,1H3/b5-4+. The molecule has 0 saturated heterocycles. The number of rotatable bonds is 3. The fourth-order valence-corrected chi connectivity index (χ4v) is 1.95. The van der Waals surface area contributed by atoms with E-state index >= 15 is 0 Å². The molecule has 1 nitrogen and oxygen atoms in total. The summed E-state index contributed by atoms with van der Waals surface area (Å²) in [6.45, 7) is 2.08. The third-order valence-electron chi connectivity index (χ3n) is 3.19. The summed E-state index contributed by atoms with van der Waals surface area (Å²) >= 11 is 0. The van der Waals surface area contributed by atoms with Gasteiger partial charge in [0.05, 0.1) is 11.1 Å². The van der Waals surface area contributed by atoms with Crippen LogP contribution in [0.2, 0.25) is 0 Å². The van der Waals surface area contributed by atoms with Crippen LogP contribution in [0.3, 0.4) is 0 Å². The summed E-state index contributed by atoms with van der Waals surface area (Å²) in [5.41, 5.74) is 1.39. The Hall–Kier alpha value is -2.91. The molecule has 2 aromatic rings. The van der Waals surface area contributed by atoms with Gasteiger partial charge in [-0.2, -0.15) is 5.26 Å². The van der Waals surface area contributed by atoms with Gasteiger partial charge in [-0.3, -0.25) is 0 Å². The molecular weight excluding hydrogens is 292 g/mol. The molecule has 23 heavy (non-hydrogen) atoms. The minimum Gasteiger partial charge on any atom is -0.206 e. The third kappa shape index (κ3) is 4.53. The van der Waals surface area contributed by atoms with E-state index in [2.05, 4.69) is 18.8 Å². The minimum absolute atomic E-state index is 0.0371. The second kappa shape index (κ2) is 7.92. The van der Waals surface area contributed by atoms with Crippen molar-refractivity contribution in [2.24, 2.45) is 0 Å². The molecule has 0 heterocycles. The van der Waals surface area contributed by atoms with Gasteiger partial charge in [0.2, 0.25) is 0 Å². The van der Waals surface area contributed by atoms with Gasteiger partial charge in [0.1, 0.15) is 17.7 Å². The maximum atomic E-state index is 14.0. The van der Waals surface area contributed by atoms with E-state index < -0.39 is 11.6 Å². The van der Waals surface area contributed by atoms with Crippen molar-refractivity contribution in [1.82, 2.24) is 0 Å². The average Bonchev–Trinajstić information content (AvgIpc) is 2.54. The van der Waals surface area contributed by atoms with E-state index in [-0.39, 0.29) is 11.1 Å². The van der Waals surface area contributed by atoms with Gasteiger partial charge in [-0.15, -0.1) is 0 Å². The van der Waals surface area contributed by atoms with Crippen LogP contribution in [0, 0.1) is 34.8 Å². The van der Waals surface area contributed by atoms with Crippen molar-refractivity contribution in [3.8, 4) is 17.9 Å². The van der Waals surface area contributed by atoms with Crippen LogP contribution in [-0.2, 0) is 0 Å². The van der Waals surface area contributed by atoms with Gasteiger partial charge < -0.3 is 0 Å². The number of hydrogen-bond acceptors (Lipinski definition) is 1. The van der Waals surface area contributed by atoms with Gasteiger partial charge in [0.25, 0.3) is 0 Å². The minimum atomic E-state index is -0.629. The highest BCUT2D eigenvalue weighted by Gasteiger charge is 2.02. The number of halogens is 2. The first kappa shape index (κ1) is 16.5. The molecule has 0 radical (unpaired) electrons. The fourth-order valence-electron chi connectivity index (χ4n) is 1.95. The topological polar surface area (TPSA) is 23.8 Å². The molecule has 0 amide bonds. The van der Waals surface area contributed by atoms with Crippen LogP contribution in [0.1, 0.15) is 42.0 Å². The van der Waals surface area contributed by atoms with Crippen molar-refractivity contribution in [3.63, 3.8) is 0 Å². The quantitative estimate of drug-likeness (QED) is 0.728. The Balaban J connectivity index is 2.21. The molecule has 0 unspecified atom stereocenters. The van der Waals surface area contributed by atoms with Gasteiger partial charge in [-0.1, -0.05) is 43.4 Å². The lowest BCUT2D eigenvalue weighted by molar-refractivity contribution is 0.623. The zero-order valence-electron chi connectivity index (χ0n) is 12.7. The number of unbranched alkanes of at least 4 members (excludes halogenated alkanes) is 1. The molecule has 0 saturated carbocycles. The smallest absolute Gasteiger partial charge is 0.142 e. The van der Waals surface area contributed by atoms with Gasteiger partial charge in [0, 0.05) is 5.56 Å². The first-order valence-electron chi connectivity index (χ1n) is 7.32. The van der Waals surface area contributed by atoms with Crippen molar-refractivity contribution in [3.05, 3.63) is 76.4 Å². The van der Waals surface area contributed by atoms with Crippen LogP contribution in [-0.4, -0.2) is 0 Å². The normalized spacial score (nSPS) is 10.2. The van der Waals surface area contributed by atoms with Gasteiger partial charge in [-0.25, -0.2) is 8.78 Å². The molecule has 0 aromatic heterocycles. The zero-order valence-corrected chi connectivity index (χ0v) is 12.7. The molecule has 0 fully saturated rings. The van der Waals surface area contributed by atoms with Crippen LogP contribution in [0.25, 0.3) is 6.08 Å². The number of benzene rings is 2. The Bertz CT molecular complexity index is 833. The summed E-state index contributed by atoms with van der Waals surface area (Å²) in [6, 6.07) is 10.6. The Morgan fingerprint density at radius 3 is 2.39 bits per heavy atom. The lowest BCUT2D eigenvalue weighted by atomic mass is 10.1. The monoisotopic (exact) mass is 307 g/mol. The summed E-state index contributed by atoms with van der Waals surface area (Å²) in [5, 5.41) is 8.68. The predicted octanol–water partition coefficient (Wildman–Crippen LogP) is 5.05. The van der Waals surface area contributed by atoms with E-state index in [9.17, 15) is 8.78 Å². The van der Waals surface area contributed by atoms with Crippen LogP contribution in [0.5, 0.6) is 0 Å². The maximum absolute atomic E-state index is 14.0. The number of hydrogen-bond donors (Lipinski definition) is 0. The SMILES string of the molecule is CCC/C=C/c1ccc(C#Cc2ccc(C#N)c(F)c2)c(F)c1. The molecule has 2 aromatic carbocycles. The molecule has 0 spiro atoms. The second-order valence-corrected chi connectivity index (χ2v) is 4.99. The summed E-state index contributed by atoms with van der Waals surface area (Å²) in [4.78, 5) is 0. The summed E-state index contributed by atoms with van der Waals surface area (Å²) in [6.07, 6.45) is 5.87. The largest absolute Gasteiger partial charge is 0.206 e. The second-order valence-electron chi connectivity index (χ2n) is 4.99. The third-order valence-corrected chi connectivity index (χ3v) is 3.19. The van der Waals surface area contributed by atoms with Gasteiger partial charge >= 0.3 is 0 Å². The molecular formula is C20H15F2N. The van der Waals surface area contributed by atoms with E-state index in [4.69, 9.17) is 5.26 Å². The van der Waals surface area contributed by atoms with E-state index in [0.29, 0.717) is 5.56 Å². The number of allylic oxidation sites excluding steroid dienone is 1. The number of nitrogens with zero attached hydrogens (tertiary/aromatic N) is 1. The van der Waals surface area contributed by atoms with Crippen LogP contribution in [0.15, 0.2) is 42.5 Å².